The van der Waals surface area contributed by atoms with Crippen molar-refractivity contribution in [3.63, 3.8) is 0 Å². The van der Waals surface area contributed by atoms with Crippen molar-refractivity contribution < 1.29 is 10.2 Å². The molecule has 0 spiro atoms. The summed E-state index contributed by atoms with van der Waals surface area (Å²) < 4.78 is 0. The van der Waals surface area contributed by atoms with Crippen LogP contribution in [0.2, 0.25) is 0 Å². The first-order valence-corrected chi connectivity index (χ1v) is 14.7. The van der Waals surface area contributed by atoms with Crippen LogP contribution in [0.25, 0.3) is 44.4 Å². The minimum Gasteiger partial charge on any atom is -0.396 e. The summed E-state index contributed by atoms with van der Waals surface area (Å²) in [5.41, 5.74) is 17.9. The van der Waals surface area contributed by atoms with Gasteiger partial charge >= 0.3 is 0 Å². The number of aryl methyl sites for hydroxylation is 4. The van der Waals surface area contributed by atoms with Crippen molar-refractivity contribution >= 4 is 44.4 Å². The summed E-state index contributed by atoms with van der Waals surface area (Å²) >= 11 is 0. The van der Waals surface area contributed by atoms with Gasteiger partial charge in [-0.1, -0.05) is 13.8 Å². The van der Waals surface area contributed by atoms with Crippen LogP contribution < -0.4 is 0 Å². The lowest BCUT2D eigenvalue weighted by Gasteiger charge is -2.03. The SMILES string of the molecule is CCC1=C(C)c2cc3[nH]c(cc4nc(cc5[nH]c(cc1n2)c(C)c5CCCO)C(CCCO)=C4C)c(C)c3CC. The molecule has 6 nitrogen and oxygen atoms in total. The monoisotopic (exact) mass is 538 g/mol. The van der Waals surface area contributed by atoms with Gasteiger partial charge < -0.3 is 20.2 Å². The molecule has 6 heteroatoms. The van der Waals surface area contributed by atoms with Crippen LogP contribution in [0.5, 0.6) is 0 Å². The van der Waals surface area contributed by atoms with Crippen LogP contribution in [0.1, 0.15) is 98.4 Å². The third kappa shape index (κ3) is 4.95. The number of hydrogen-bond acceptors (Lipinski definition) is 4. The van der Waals surface area contributed by atoms with Crippen molar-refractivity contribution in [2.45, 2.75) is 80.1 Å². The number of aliphatic hydroxyl groups is 2. The van der Waals surface area contributed by atoms with Crippen LogP contribution in [-0.4, -0.2) is 43.4 Å². The van der Waals surface area contributed by atoms with Gasteiger partial charge in [-0.3, -0.25) is 0 Å². The Morgan fingerprint density at radius 2 is 1.05 bits per heavy atom. The number of rotatable bonds is 8. The largest absolute Gasteiger partial charge is 0.396 e. The normalized spacial score (nSPS) is 13.6. The molecule has 5 heterocycles. The Balaban J connectivity index is 1.94. The number of H-pyrrole nitrogens is 2. The van der Waals surface area contributed by atoms with E-state index in [9.17, 15) is 10.2 Å². The van der Waals surface area contributed by atoms with E-state index in [4.69, 9.17) is 9.97 Å². The highest BCUT2D eigenvalue weighted by atomic mass is 16.3. The van der Waals surface area contributed by atoms with E-state index >= 15 is 0 Å². The fraction of sp³-hybridized carbons (Fsp3) is 0.412. The number of nitrogens with zero attached hydrogens (tertiary/aromatic N) is 2. The fourth-order valence-corrected chi connectivity index (χ4v) is 6.27. The van der Waals surface area contributed by atoms with E-state index in [0.717, 1.165) is 76.1 Å². The second kappa shape index (κ2) is 11.6. The number of aliphatic hydroxyl groups excluding tert-OH is 2. The van der Waals surface area contributed by atoms with Crippen molar-refractivity contribution in [1.29, 1.82) is 0 Å². The van der Waals surface area contributed by atoms with Crippen LogP contribution in [0.3, 0.4) is 0 Å². The summed E-state index contributed by atoms with van der Waals surface area (Å²) in [6.45, 7) is 13.3. The molecule has 0 amide bonds. The van der Waals surface area contributed by atoms with Crippen molar-refractivity contribution in [2.75, 3.05) is 13.2 Å². The van der Waals surface area contributed by atoms with E-state index in [1.54, 1.807) is 0 Å². The van der Waals surface area contributed by atoms with Crippen LogP contribution in [-0.2, 0) is 12.8 Å². The molecule has 0 aromatic carbocycles. The van der Waals surface area contributed by atoms with Crippen molar-refractivity contribution in [3.05, 3.63) is 69.3 Å². The predicted octanol–water partition coefficient (Wildman–Crippen LogP) is 7.46. The Morgan fingerprint density at radius 3 is 1.65 bits per heavy atom. The van der Waals surface area contributed by atoms with Gasteiger partial charge in [0.1, 0.15) is 0 Å². The van der Waals surface area contributed by atoms with E-state index in [1.807, 2.05) is 0 Å². The molecule has 0 saturated carbocycles. The maximum Gasteiger partial charge on any atom is 0.0693 e. The first kappa shape index (κ1) is 28.1. The molecule has 210 valence electrons. The van der Waals surface area contributed by atoms with Crippen LogP contribution >= 0.6 is 0 Å². The molecule has 0 radical (unpaired) electrons. The predicted molar refractivity (Wildman–Crippen MR) is 167 cm³/mol. The van der Waals surface area contributed by atoms with Crippen LogP contribution in [0, 0.1) is 13.8 Å². The Bertz CT molecular complexity index is 1680. The summed E-state index contributed by atoms with van der Waals surface area (Å²) in [7, 11) is 0. The summed E-state index contributed by atoms with van der Waals surface area (Å²) in [5.74, 6) is 0. The number of nitrogens with one attached hydrogen (secondary N) is 2. The Morgan fingerprint density at radius 1 is 0.575 bits per heavy atom. The standard InChI is InChI=1S/C34H42N4O2/c1-7-23-19(3)27-15-28-21(5)25(11-9-13-39)33(37-28)18-34-26(12-10-14-40)22(6)30(38-34)17-32-24(8-2)20(4)29(36-32)16-31(23)35-27/h15-18,35,38-40H,7-14H2,1-6H3. The van der Waals surface area contributed by atoms with Gasteiger partial charge in [-0.15, -0.1) is 0 Å². The molecule has 4 N–H and O–H groups in total. The molecular weight excluding hydrogens is 496 g/mol. The molecule has 0 atom stereocenters. The quantitative estimate of drug-likeness (QED) is 0.239. The zero-order valence-electron chi connectivity index (χ0n) is 24.8. The highest BCUT2D eigenvalue weighted by molar-refractivity contribution is 5.94. The van der Waals surface area contributed by atoms with Crippen molar-refractivity contribution in [2.24, 2.45) is 0 Å². The summed E-state index contributed by atoms with van der Waals surface area (Å²) in [5, 5.41) is 19.3. The van der Waals surface area contributed by atoms with E-state index in [2.05, 4.69) is 75.8 Å². The average Bonchev–Trinajstić information content (AvgIpc) is 3.59. The highest BCUT2D eigenvalue weighted by Crippen LogP contribution is 2.36. The van der Waals surface area contributed by atoms with Crippen LogP contribution in [0.15, 0.2) is 24.3 Å². The molecule has 0 aliphatic carbocycles. The van der Waals surface area contributed by atoms with E-state index in [-0.39, 0.29) is 13.2 Å². The zero-order chi connectivity index (χ0) is 28.6. The second-order valence-electron chi connectivity index (χ2n) is 11.0. The summed E-state index contributed by atoms with van der Waals surface area (Å²) in [4.78, 5) is 17.7. The lowest BCUT2D eigenvalue weighted by molar-refractivity contribution is 0.288. The third-order valence-corrected chi connectivity index (χ3v) is 8.68. The molecule has 40 heavy (non-hydrogen) atoms. The van der Waals surface area contributed by atoms with E-state index in [0.29, 0.717) is 12.8 Å². The molecule has 8 bridgehead atoms. The molecule has 5 rings (SSSR count). The Kier molecular flexibility index (Phi) is 8.11. The maximum atomic E-state index is 9.63. The maximum absolute atomic E-state index is 9.63. The number of hydrogen-bond donors (Lipinski definition) is 4. The first-order valence-electron chi connectivity index (χ1n) is 14.7. The minimum absolute atomic E-state index is 0.147. The highest BCUT2D eigenvalue weighted by Gasteiger charge is 2.20. The molecule has 3 aromatic heterocycles. The van der Waals surface area contributed by atoms with Gasteiger partial charge in [0.25, 0.3) is 0 Å². The minimum atomic E-state index is 0.147. The van der Waals surface area contributed by atoms with Gasteiger partial charge in [0.05, 0.1) is 22.8 Å². The van der Waals surface area contributed by atoms with Gasteiger partial charge in [-0.05, 0) is 135 Å². The molecular formula is C34H42N4O2. The summed E-state index contributed by atoms with van der Waals surface area (Å²) in [6.07, 6.45) is 4.77. The zero-order valence-corrected chi connectivity index (χ0v) is 24.8. The lowest BCUT2D eigenvalue weighted by Crippen LogP contribution is -1.91. The molecule has 2 aliphatic heterocycles. The smallest absolute Gasteiger partial charge is 0.0693 e. The first-order chi connectivity index (χ1) is 19.3. The second-order valence-corrected chi connectivity index (χ2v) is 11.0. The van der Waals surface area contributed by atoms with Gasteiger partial charge in [0.2, 0.25) is 0 Å². The van der Waals surface area contributed by atoms with E-state index in [1.165, 1.54) is 39.0 Å². The number of aromatic nitrogens is 4. The topological polar surface area (TPSA) is 97.8 Å². The molecule has 0 saturated heterocycles. The lowest BCUT2D eigenvalue weighted by atomic mass is 10.0. The summed E-state index contributed by atoms with van der Waals surface area (Å²) in [6, 6.07) is 8.73. The molecule has 2 aliphatic rings. The van der Waals surface area contributed by atoms with Gasteiger partial charge in [0.15, 0.2) is 0 Å². The molecule has 3 aromatic rings. The van der Waals surface area contributed by atoms with Crippen molar-refractivity contribution in [3.8, 4) is 0 Å². The third-order valence-electron chi connectivity index (χ3n) is 8.68. The van der Waals surface area contributed by atoms with Gasteiger partial charge in [-0.2, -0.15) is 0 Å². The number of fused-ring (bicyclic) bond motifs is 8. The average molecular weight is 539 g/mol. The van der Waals surface area contributed by atoms with Gasteiger partial charge in [0, 0.05) is 35.3 Å². The van der Waals surface area contributed by atoms with Gasteiger partial charge in [-0.25, -0.2) is 9.97 Å². The molecule has 0 fully saturated rings. The van der Waals surface area contributed by atoms with Crippen molar-refractivity contribution in [1.82, 2.24) is 19.9 Å². The number of aromatic amines is 2. The Labute approximate surface area is 237 Å². The fourth-order valence-electron chi connectivity index (χ4n) is 6.27. The Hall–Kier alpha value is -3.48. The molecule has 0 unspecified atom stereocenters. The number of allylic oxidation sites excluding steroid dienone is 4. The van der Waals surface area contributed by atoms with E-state index < -0.39 is 0 Å². The van der Waals surface area contributed by atoms with Crippen LogP contribution in [0.4, 0.5) is 0 Å².